The van der Waals surface area contributed by atoms with Crippen LogP contribution in [0.4, 0.5) is 11.4 Å². The van der Waals surface area contributed by atoms with Gasteiger partial charge in [0.1, 0.15) is 24.0 Å². The highest BCUT2D eigenvalue weighted by atomic mass is 16.5. The van der Waals surface area contributed by atoms with Crippen LogP contribution in [0, 0.1) is 29.6 Å². The number of nitrogens with zero attached hydrogens (tertiary/aromatic N) is 4. The molecule has 5 aliphatic rings. The van der Waals surface area contributed by atoms with Crippen molar-refractivity contribution < 1.29 is 28.7 Å². The van der Waals surface area contributed by atoms with Gasteiger partial charge in [0, 0.05) is 66.5 Å². The second-order valence-corrected chi connectivity index (χ2v) is 17.9. The van der Waals surface area contributed by atoms with Gasteiger partial charge in [-0.15, -0.1) is 0 Å². The molecule has 5 heterocycles. The summed E-state index contributed by atoms with van der Waals surface area (Å²) >= 11 is 0. The number of rotatable bonds is 11. The smallest absolute Gasteiger partial charge is 0.262 e. The number of hydrogen-bond donors (Lipinski definition) is 4. The first-order valence-electron chi connectivity index (χ1n) is 21.3. The highest BCUT2D eigenvalue weighted by Gasteiger charge is 2.69. The third-order valence-electron chi connectivity index (χ3n) is 13.9. The van der Waals surface area contributed by atoms with E-state index in [2.05, 4.69) is 58.0 Å². The lowest BCUT2D eigenvalue weighted by Gasteiger charge is -2.66. The van der Waals surface area contributed by atoms with Crippen LogP contribution < -0.4 is 30.9 Å². The summed E-state index contributed by atoms with van der Waals surface area (Å²) in [7, 11) is 0. The van der Waals surface area contributed by atoms with E-state index in [1.807, 2.05) is 43.3 Å². The molecular formula is C47H50N8O6. The summed E-state index contributed by atoms with van der Waals surface area (Å²) in [6.07, 6.45) is 5.04. The topological polar surface area (TPSA) is 186 Å². The SMILES string of the molecule is Cc1cc2c3c(ccnc3c1C#N)C1(C)C(NC(=O)c3ccc(N4CCC(CCNCCNc5ccc6c(c5)C(=O)N(C5CCC(=O)NC5=O)C6=O)CC4)cc3)C(C)(C)[C@@H]1O2. The van der Waals surface area contributed by atoms with E-state index >= 15 is 0 Å². The van der Waals surface area contributed by atoms with Gasteiger partial charge in [-0.1, -0.05) is 13.8 Å². The van der Waals surface area contributed by atoms with E-state index in [0.29, 0.717) is 34.8 Å². The van der Waals surface area contributed by atoms with Crippen molar-refractivity contribution >= 4 is 51.8 Å². The van der Waals surface area contributed by atoms with Crippen molar-refractivity contribution in [1.82, 2.24) is 25.8 Å². The summed E-state index contributed by atoms with van der Waals surface area (Å²) in [6, 6.07) is 18.0. The number of imide groups is 2. The molecule has 314 valence electrons. The Hall–Kier alpha value is -6.33. The number of aromatic nitrogens is 1. The maximum atomic E-state index is 13.8. The minimum atomic E-state index is -0.983. The number of carbonyl (C=O) groups is 5. The molecule has 2 saturated heterocycles. The van der Waals surface area contributed by atoms with Gasteiger partial charge in [-0.2, -0.15) is 5.26 Å². The lowest BCUT2D eigenvalue weighted by Crippen LogP contribution is -2.78. The lowest BCUT2D eigenvalue weighted by molar-refractivity contribution is -0.136. The fourth-order valence-corrected chi connectivity index (χ4v) is 10.7. The lowest BCUT2D eigenvalue weighted by atomic mass is 9.45. The van der Waals surface area contributed by atoms with Gasteiger partial charge < -0.3 is 25.6 Å². The summed E-state index contributed by atoms with van der Waals surface area (Å²) in [5.41, 5.74) is 5.17. The maximum Gasteiger partial charge on any atom is 0.262 e. The number of benzene rings is 3. The number of ether oxygens (including phenoxy) is 1. The van der Waals surface area contributed by atoms with Crippen LogP contribution >= 0.6 is 0 Å². The highest BCUT2D eigenvalue weighted by molar-refractivity contribution is 6.23. The summed E-state index contributed by atoms with van der Waals surface area (Å²) in [4.78, 5) is 71.8. The maximum absolute atomic E-state index is 13.8. The van der Waals surface area contributed by atoms with Crippen LogP contribution in [0.3, 0.4) is 0 Å². The number of carbonyl (C=O) groups excluding carboxylic acids is 5. The van der Waals surface area contributed by atoms with Crippen LogP contribution in [-0.2, 0) is 15.0 Å². The van der Waals surface area contributed by atoms with Crippen LogP contribution in [0.2, 0.25) is 0 Å². The fraction of sp³-hybridized carbons (Fsp3) is 0.426. The van der Waals surface area contributed by atoms with Crippen LogP contribution in [0.1, 0.15) is 101 Å². The Morgan fingerprint density at radius 3 is 2.44 bits per heavy atom. The second kappa shape index (κ2) is 15.3. The van der Waals surface area contributed by atoms with Gasteiger partial charge in [0.2, 0.25) is 11.8 Å². The Kier molecular flexibility index (Phi) is 10.1. The van der Waals surface area contributed by atoms with Gasteiger partial charge in [-0.05, 0) is 118 Å². The van der Waals surface area contributed by atoms with Crippen molar-refractivity contribution in [2.45, 2.75) is 83.4 Å². The summed E-state index contributed by atoms with van der Waals surface area (Å²) in [5.74, 6) is -0.824. The number of aryl methyl sites for hydroxylation is 1. The average molecular weight is 823 g/mol. The predicted octanol–water partition coefficient (Wildman–Crippen LogP) is 4.98. The van der Waals surface area contributed by atoms with E-state index in [1.165, 1.54) is 0 Å². The van der Waals surface area contributed by atoms with Crippen molar-refractivity contribution in [3.8, 4) is 11.8 Å². The van der Waals surface area contributed by atoms with Gasteiger partial charge in [-0.3, -0.25) is 39.2 Å². The molecule has 0 bridgehead atoms. The molecule has 4 atom stereocenters. The molecular weight excluding hydrogens is 773 g/mol. The zero-order chi connectivity index (χ0) is 42.8. The van der Waals surface area contributed by atoms with Gasteiger partial charge in [0.15, 0.2) is 0 Å². The predicted molar refractivity (Wildman–Crippen MR) is 228 cm³/mol. The quantitative estimate of drug-likeness (QED) is 0.118. The van der Waals surface area contributed by atoms with Crippen LogP contribution in [0.5, 0.6) is 5.75 Å². The van der Waals surface area contributed by atoms with Crippen LogP contribution in [0.15, 0.2) is 60.8 Å². The van der Waals surface area contributed by atoms with E-state index in [9.17, 15) is 29.2 Å². The molecule has 9 rings (SSSR count). The van der Waals surface area contributed by atoms with Crippen molar-refractivity contribution in [3.05, 3.63) is 94.2 Å². The fourth-order valence-electron chi connectivity index (χ4n) is 10.7. The van der Waals surface area contributed by atoms with E-state index < -0.39 is 35.1 Å². The third-order valence-corrected chi connectivity index (χ3v) is 13.9. The standard InChI is InChI=1S/C47H50N8O6/c1-26-23-36-38-34(14-18-51-39(38)33(26)25-48)47(4)44(46(2,3)45(47)61-36)53-40(57)28-5-8-30(9-6-28)54-21-15-27(16-22-54)13-17-49-19-20-50-29-7-10-31-32(24-29)43(60)55(42(31)59)35-11-12-37(56)52-41(35)58/h5-10,14,18,23-24,27,35,44-45,49-50H,11-13,15-17,19-22H2,1-4H3,(H,53,57)(H,52,56,58)/t35?,44?,45-,47?/m0/s1. The molecule has 0 spiro atoms. The monoisotopic (exact) mass is 822 g/mol. The van der Waals surface area contributed by atoms with Crippen LogP contribution in [0.25, 0.3) is 10.9 Å². The number of hydrogen-bond acceptors (Lipinski definition) is 11. The normalized spacial score (nSPS) is 24.0. The average Bonchev–Trinajstić information content (AvgIpc) is 3.50. The number of nitrogens with one attached hydrogen (secondary N) is 4. The third kappa shape index (κ3) is 6.66. The minimum absolute atomic E-state index is 0.0828. The number of fused-ring (bicyclic) bond motifs is 3. The van der Waals surface area contributed by atoms with Gasteiger partial charge >= 0.3 is 0 Å². The molecule has 1 aromatic heterocycles. The van der Waals surface area contributed by atoms with Gasteiger partial charge in [0.05, 0.1) is 33.7 Å². The minimum Gasteiger partial charge on any atom is -0.488 e. The summed E-state index contributed by atoms with van der Waals surface area (Å²) < 4.78 is 6.65. The number of anilines is 2. The first kappa shape index (κ1) is 40.1. The van der Waals surface area contributed by atoms with Gasteiger partial charge in [-0.25, -0.2) is 0 Å². The molecule has 3 unspecified atom stereocenters. The Morgan fingerprint density at radius 1 is 0.951 bits per heavy atom. The Labute approximate surface area is 354 Å². The molecule has 4 aliphatic heterocycles. The molecule has 3 aromatic carbocycles. The van der Waals surface area contributed by atoms with Crippen LogP contribution in [-0.4, -0.2) is 90.3 Å². The molecule has 4 N–H and O–H groups in total. The number of piperidine rings is 2. The summed E-state index contributed by atoms with van der Waals surface area (Å²) in [6.45, 7) is 12.5. The van der Waals surface area contributed by atoms with Crippen molar-refractivity contribution in [3.63, 3.8) is 0 Å². The number of pyridine rings is 1. The zero-order valence-corrected chi connectivity index (χ0v) is 34.9. The summed E-state index contributed by atoms with van der Waals surface area (Å²) in [5, 5.41) is 23.2. The Bertz CT molecular complexity index is 2540. The molecule has 3 fully saturated rings. The molecule has 61 heavy (non-hydrogen) atoms. The Balaban J connectivity index is 0.727. The van der Waals surface area contributed by atoms with E-state index in [0.717, 1.165) is 78.3 Å². The van der Waals surface area contributed by atoms with Crippen molar-refractivity contribution in [2.75, 3.05) is 42.9 Å². The number of nitriles is 1. The molecule has 0 radical (unpaired) electrons. The van der Waals surface area contributed by atoms with E-state index in [1.54, 1.807) is 24.4 Å². The Morgan fingerprint density at radius 2 is 1.70 bits per heavy atom. The largest absolute Gasteiger partial charge is 0.488 e. The first-order valence-corrected chi connectivity index (χ1v) is 21.3. The van der Waals surface area contributed by atoms with Gasteiger partial charge in [0.25, 0.3) is 17.7 Å². The van der Waals surface area contributed by atoms with E-state index in [4.69, 9.17) is 4.74 Å². The molecule has 14 heteroatoms. The zero-order valence-electron chi connectivity index (χ0n) is 34.9. The first-order chi connectivity index (χ1) is 29.3. The van der Waals surface area contributed by atoms with Crippen molar-refractivity contribution in [2.24, 2.45) is 11.3 Å². The molecule has 5 amide bonds. The second-order valence-electron chi connectivity index (χ2n) is 17.9. The highest BCUT2D eigenvalue weighted by Crippen LogP contribution is 2.61. The molecule has 1 saturated carbocycles. The molecule has 4 aromatic rings. The number of amides is 5. The molecule has 14 nitrogen and oxygen atoms in total. The van der Waals surface area contributed by atoms with E-state index in [-0.39, 0.29) is 47.4 Å². The molecule has 1 aliphatic carbocycles. The van der Waals surface area contributed by atoms with Crippen molar-refractivity contribution in [1.29, 1.82) is 5.26 Å².